The summed E-state index contributed by atoms with van der Waals surface area (Å²) in [5.74, 6) is 2.42. The summed E-state index contributed by atoms with van der Waals surface area (Å²) in [6.45, 7) is 1.52. The largest absolute Gasteiger partial charge is 0.508 e. The van der Waals surface area contributed by atoms with Gasteiger partial charge in [-0.25, -0.2) is 0 Å². The quantitative estimate of drug-likeness (QED) is 0.231. The highest BCUT2D eigenvalue weighted by molar-refractivity contribution is 8.76. The summed E-state index contributed by atoms with van der Waals surface area (Å²) in [6.07, 6.45) is 0.0219. The number of methoxy groups -OCH3 is 2. The molecular formula is C31H32O8S2. The lowest BCUT2D eigenvalue weighted by Gasteiger charge is -2.37. The smallest absolute Gasteiger partial charge is 0.302 e. The molecule has 0 amide bonds. The second kappa shape index (κ2) is 11.2. The van der Waals surface area contributed by atoms with Gasteiger partial charge in [-0.1, -0.05) is 33.7 Å². The van der Waals surface area contributed by atoms with Crippen molar-refractivity contribution in [3.05, 3.63) is 64.2 Å². The lowest BCUT2D eigenvalue weighted by Crippen LogP contribution is -2.22. The number of aromatic hydroxyl groups is 2. The first kappa shape index (κ1) is 27.9. The molecule has 3 aromatic carbocycles. The number of hydrogen-bond donors (Lipinski definition) is 3. The molecule has 3 aromatic rings. The molecule has 216 valence electrons. The molecule has 8 nitrogen and oxygen atoms in total. The maximum Gasteiger partial charge on any atom is 0.302 e. The van der Waals surface area contributed by atoms with E-state index in [-0.39, 0.29) is 48.4 Å². The standard InChI is InChI=1S/C31H32O8S2/c1-15(33)38-12-23-19-4-5-20-28-22(9-17(34)10-27(28)37-3)18(6-7-32)24-14-41-40-13-16-8-25(35)26(36-2)11-21(16)30(23)39-31(19)29(20)24/h4-5,8-11,18,23-24,30,32,34-35H,6-7,12-14H2,1-3H3/t18-,23-,24+,30-/m1/s1. The first-order valence-corrected chi connectivity index (χ1v) is 16.0. The Bertz CT molecular complexity index is 1510. The maximum atomic E-state index is 11.9. The fraction of sp³-hybridized carbons (Fsp3) is 0.387. The highest BCUT2D eigenvalue weighted by atomic mass is 33.1. The number of fused-ring (bicyclic) bond motifs is 5. The number of carbonyl (C=O) groups excluding carboxylic acids is 1. The molecule has 0 saturated carbocycles. The minimum Gasteiger partial charge on any atom is -0.508 e. The van der Waals surface area contributed by atoms with Crippen LogP contribution in [-0.4, -0.2) is 54.5 Å². The van der Waals surface area contributed by atoms with Gasteiger partial charge in [0.1, 0.15) is 30.0 Å². The number of aliphatic hydroxyl groups is 1. The third-order valence-corrected chi connectivity index (χ3v) is 10.7. The van der Waals surface area contributed by atoms with E-state index in [4.69, 9.17) is 18.9 Å². The normalized spacial score (nSPS) is 22.0. The number of benzene rings is 3. The molecule has 41 heavy (non-hydrogen) atoms. The van der Waals surface area contributed by atoms with Gasteiger partial charge in [0.05, 0.1) is 20.1 Å². The number of phenols is 2. The van der Waals surface area contributed by atoms with Gasteiger partial charge in [0.15, 0.2) is 11.5 Å². The summed E-state index contributed by atoms with van der Waals surface area (Å²) in [4.78, 5) is 11.9. The van der Waals surface area contributed by atoms with Crippen molar-refractivity contribution in [2.45, 2.75) is 43.0 Å². The summed E-state index contributed by atoms with van der Waals surface area (Å²) >= 11 is 0. The summed E-state index contributed by atoms with van der Waals surface area (Å²) in [7, 11) is 6.53. The molecule has 6 rings (SSSR count). The third kappa shape index (κ3) is 4.75. The minimum atomic E-state index is -0.482. The van der Waals surface area contributed by atoms with E-state index >= 15 is 0 Å². The Balaban J connectivity index is 1.61. The van der Waals surface area contributed by atoms with Crippen LogP contribution < -0.4 is 14.2 Å². The monoisotopic (exact) mass is 596 g/mol. The van der Waals surface area contributed by atoms with Crippen molar-refractivity contribution in [2.24, 2.45) is 0 Å². The molecule has 10 heteroatoms. The van der Waals surface area contributed by atoms with E-state index in [9.17, 15) is 20.1 Å². The maximum absolute atomic E-state index is 11.9. The Hall–Kier alpha value is -3.21. The molecule has 3 N–H and O–H groups in total. The number of rotatable bonds is 6. The Morgan fingerprint density at radius 1 is 1.00 bits per heavy atom. The zero-order valence-electron chi connectivity index (χ0n) is 23.0. The molecule has 4 atom stereocenters. The van der Waals surface area contributed by atoms with E-state index in [1.807, 2.05) is 12.1 Å². The van der Waals surface area contributed by atoms with Crippen molar-refractivity contribution in [1.82, 2.24) is 0 Å². The van der Waals surface area contributed by atoms with Crippen molar-refractivity contribution in [1.29, 1.82) is 0 Å². The van der Waals surface area contributed by atoms with Crippen LogP contribution in [0.25, 0.3) is 11.1 Å². The van der Waals surface area contributed by atoms with Crippen LogP contribution >= 0.6 is 21.6 Å². The molecule has 0 radical (unpaired) electrons. The zero-order chi connectivity index (χ0) is 28.8. The Labute approximate surface area is 246 Å². The van der Waals surface area contributed by atoms with Gasteiger partial charge in [0.2, 0.25) is 0 Å². The molecule has 1 aliphatic carbocycles. The SMILES string of the molecule is COc1cc2c(cc1O)CSSC[C@@H]1c3c(ccc4c3O[C@H]2[C@@H]4COC(C)=O)-c2c(OC)cc(O)cc2[C@H]1CCO. The molecule has 0 unspecified atom stereocenters. The number of carbonyl (C=O) groups is 1. The molecule has 0 saturated heterocycles. The van der Waals surface area contributed by atoms with E-state index in [1.54, 1.807) is 46.9 Å². The fourth-order valence-corrected chi connectivity index (χ4v) is 9.01. The molecule has 2 heterocycles. The van der Waals surface area contributed by atoms with Crippen LogP contribution in [0, 0.1) is 0 Å². The van der Waals surface area contributed by atoms with Gasteiger partial charge >= 0.3 is 5.97 Å². The molecule has 2 bridgehead atoms. The zero-order valence-corrected chi connectivity index (χ0v) is 24.6. The predicted octanol–water partition coefficient (Wildman–Crippen LogP) is 6.02. The van der Waals surface area contributed by atoms with Crippen LogP contribution in [-0.2, 0) is 15.3 Å². The summed E-state index contributed by atoms with van der Waals surface area (Å²) in [5, 5.41) is 31.4. The van der Waals surface area contributed by atoms with Gasteiger partial charge < -0.3 is 34.3 Å². The van der Waals surface area contributed by atoms with Crippen LogP contribution in [0.15, 0.2) is 36.4 Å². The Morgan fingerprint density at radius 3 is 2.54 bits per heavy atom. The topological polar surface area (TPSA) is 115 Å². The van der Waals surface area contributed by atoms with E-state index in [0.29, 0.717) is 23.7 Å². The van der Waals surface area contributed by atoms with Crippen LogP contribution in [0.4, 0.5) is 0 Å². The van der Waals surface area contributed by atoms with E-state index in [0.717, 1.165) is 50.4 Å². The predicted molar refractivity (Wildman–Crippen MR) is 158 cm³/mol. The lowest BCUT2D eigenvalue weighted by atomic mass is 9.69. The third-order valence-electron chi connectivity index (χ3n) is 8.30. The number of esters is 1. The van der Waals surface area contributed by atoms with Gasteiger partial charge in [-0.05, 0) is 47.2 Å². The molecule has 0 spiro atoms. The molecule has 0 aromatic heterocycles. The molecular weight excluding hydrogens is 564 g/mol. The molecule has 3 aliphatic rings. The lowest BCUT2D eigenvalue weighted by molar-refractivity contribution is -0.141. The van der Waals surface area contributed by atoms with Crippen LogP contribution in [0.5, 0.6) is 28.7 Å². The van der Waals surface area contributed by atoms with Crippen molar-refractivity contribution < 1.29 is 39.1 Å². The number of hydrogen-bond acceptors (Lipinski definition) is 10. The van der Waals surface area contributed by atoms with Gasteiger partial charge in [0.25, 0.3) is 0 Å². The Kier molecular flexibility index (Phi) is 7.65. The van der Waals surface area contributed by atoms with Crippen LogP contribution in [0.2, 0.25) is 0 Å². The summed E-state index contributed by atoms with van der Waals surface area (Å²) in [5.41, 5.74) is 6.58. The average Bonchev–Trinajstić information content (AvgIpc) is 3.31. The van der Waals surface area contributed by atoms with Crippen molar-refractivity contribution >= 4 is 27.6 Å². The van der Waals surface area contributed by atoms with Crippen molar-refractivity contribution in [3.8, 4) is 39.9 Å². The number of phenolic OH excluding ortho intramolecular Hbond substituents is 2. The molecule has 2 aliphatic heterocycles. The molecule has 0 fully saturated rings. The van der Waals surface area contributed by atoms with Gasteiger partial charge in [-0.2, -0.15) is 0 Å². The van der Waals surface area contributed by atoms with Crippen LogP contribution in [0.3, 0.4) is 0 Å². The second-order valence-electron chi connectivity index (χ2n) is 10.5. The van der Waals surface area contributed by atoms with Crippen LogP contribution in [0.1, 0.15) is 65.0 Å². The highest BCUT2D eigenvalue weighted by Crippen LogP contribution is 2.61. The highest BCUT2D eigenvalue weighted by Gasteiger charge is 2.45. The first-order chi connectivity index (χ1) is 19.9. The van der Waals surface area contributed by atoms with Gasteiger partial charge in [0, 0.05) is 59.3 Å². The van der Waals surface area contributed by atoms with Gasteiger partial charge in [-0.15, -0.1) is 0 Å². The van der Waals surface area contributed by atoms with Gasteiger partial charge in [-0.3, -0.25) is 4.79 Å². The second-order valence-corrected chi connectivity index (χ2v) is 13.0. The minimum absolute atomic E-state index is 0.0101. The fourth-order valence-electron chi connectivity index (χ4n) is 6.55. The van der Waals surface area contributed by atoms with E-state index in [1.165, 1.54) is 14.0 Å². The average molecular weight is 597 g/mol. The van der Waals surface area contributed by atoms with Crippen molar-refractivity contribution in [2.75, 3.05) is 33.2 Å². The number of aliphatic hydroxyl groups excluding tert-OH is 1. The first-order valence-electron chi connectivity index (χ1n) is 13.5. The van der Waals surface area contributed by atoms with Crippen molar-refractivity contribution in [3.63, 3.8) is 0 Å². The van der Waals surface area contributed by atoms with E-state index in [2.05, 4.69) is 6.07 Å². The van der Waals surface area contributed by atoms with E-state index < -0.39 is 6.10 Å². The summed E-state index contributed by atoms with van der Waals surface area (Å²) in [6, 6.07) is 11.1. The Morgan fingerprint density at radius 2 is 1.80 bits per heavy atom. The number of ether oxygens (including phenoxy) is 4. The summed E-state index contributed by atoms with van der Waals surface area (Å²) < 4.78 is 23.7.